The molecule has 2 aliphatic rings. The van der Waals surface area contributed by atoms with E-state index in [0.717, 1.165) is 0 Å². The molecule has 1 aliphatic carbocycles. The van der Waals surface area contributed by atoms with E-state index in [4.69, 9.17) is 4.74 Å². The van der Waals surface area contributed by atoms with E-state index in [9.17, 15) is 18.4 Å². The molecule has 0 radical (unpaired) electrons. The average molecular weight is 434 g/mol. The summed E-state index contributed by atoms with van der Waals surface area (Å²) in [6.07, 6.45) is 1.92. The minimum absolute atomic E-state index is 0.0566. The number of aromatic nitrogens is 4. The molecule has 2 fully saturated rings. The monoisotopic (exact) mass is 434 g/mol. The van der Waals surface area contributed by atoms with Gasteiger partial charge >= 0.3 is 0 Å². The van der Waals surface area contributed by atoms with Crippen LogP contribution in [-0.4, -0.2) is 62.9 Å². The normalized spacial score (nSPS) is 22.0. The molecule has 31 heavy (non-hydrogen) atoms. The molecule has 2 atom stereocenters. The summed E-state index contributed by atoms with van der Waals surface area (Å²) in [5.41, 5.74) is -0.368. The van der Waals surface area contributed by atoms with Gasteiger partial charge in [-0.15, -0.1) is 10.2 Å². The lowest BCUT2D eigenvalue weighted by Crippen LogP contribution is -2.52. The van der Waals surface area contributed by atoms with Crippen molar-refractivity contribution in [3.8, 4) is 5.88 Å². The third kappa shape index (κ3) is 5.22. The largest absolute Gasteiger partial charge is 0.476 e. The first-order chi connectivity index (χ1) is 14.8. The Kier molecular flexibility index (Phi) is 5.94. The van der Waals surface area contributed by atoms with Gasteiger partial charge < -0.3 is 10.1 Å². The van der Waals surface area contributed by atoms with E-state index >= 15 is 0 Å². The highest BCUT2D eigenvalue weighted by Crippen LogP contribution is 2.39. The maximum Gasteiger partial charge on any atom is 0.264 e. The molecule has 166 valence electrons. The first kappa shape index (κ1) is 21.3. The van der Waals surface area contributed by atoms with Crippen LogP contribution < -0.4 is 15.6 Å². The molecule has 2 N–H and O–H groups in total. The first-order valence-electron chi connectivity index (χ1n) is 10.3. The quantitative estimate of drug-likeness (QED) is 0.683. The molecule has 1 saturated heterocycles. The van der Waals surface area contributed by atoms with Gasteiger partial charge in [0.2, 0.25) is 11.8 Å². The summed E-state index contributed by atoms with van der Waals surface area (Å²) in [5.74, 6) is -3.34. The minimum Gasteiger partial charge on any atom is -0.476 e. The Hall–Kier alpha value is -2.95. The number of carbonyl (C=O) groups excluding carboxylic acids is 1. The van der Waals surface area contributed by atoms with Crippen molar-refractivity contribution in [2.24, 2.45) is 5.92 Å². The second kappa shape index (κ2) is 8.66. The SMILES string of the molecule is CC(C(=O)Nc1ccc(OCC2CC2)nn1)N1CCC(F)(F)[C@@H](c2ccc(=O)[nH]n2)C1. The van der Waals surface area contributed by atoms with Crippen LogP contribution in [0.3, 0.4) is 0 Å². The second-order valence-corrected chi connectivity index (χ2v) is 8.08. The van der Waals surface area contributed by atoms with Gasteiger partial charge in [0.25, 0.3) is 11.5 Å². The average Bonchev–Trinajstić information content (AvgIpc) is 3.58. The zero-order chi connectivity index (χ0) is 22.0. The number of rotatable bonds is 7. The number of piperidine rings is 1. The van der Waals surface area contributed by atoms with E-state index < -0.39 is 29.9 Å². The van der Waals surface area contributed by atoms with E-state index in [0.29, 0.717) is 18.4 Å². The first-order valence-corrected chi connectivity index (χ1v) is 10.3. The highest BCUT2D eigenvalue weighted by atomic mass is 19.3. The highest BCUT2D eigenvalue weighted by Gasteiger charge is 2.47. The number of hydrogen-bond acceptors (Lipinski definition) is 7. The maximum absolute atomic E-state index is 14.5. The van der Waals surface area contributed by atoms with E-state index in [-0.39, 0.29) is 30.5 Å². The molecule has 11 heteroatoms. The topological polar surface area (TPSA) is 113 Å². The fourth-order valence-corrected chi connectivity index (χ4v) is 3.49. The van der Waals surface area contributed by atoms with Gasteiger partial charge in [-0.3, -0.25) is 14.5 Å². The molecule has 0 spiro atoms. The van der Waals surface area contributed by atoms with Gasteiger partial charge in [-0.1, -0.05) is 0 Å². The lowest BCUT2D eigenvalue weighted by molar-refractivity contribution is -0.125. The number of ether oxygens (including phenoxy) is 1. The maximum atomic E-state index is 14.5. The lowest BCUT2D eigenvalue weighted by Gasteiger charge is -2.40. The van der Waals surface area contributed by atoms with Crippen molar-refractivity contribution in [1.29, 1.82) is 0 Å². The highest BCUT2D eigenvalue weighted by molar-refractivity contribution is 5.93. The van der Waals surface area contributed by atoms with Crippen molar-refractivity contribution in [3.63, 3.8) is 0 Å². The Morgan fingerprint density at radius 3 is 2.77 bits per heavy atom. The summed E-state index contributed by atoms with van der Waals surface area (Å²) < 4.78 is 34.5. The molecular formula is C20H24F2N6O3. The van der Waals surface area contributed by atoms with Gasteiger partial charge in [0.1, 0.15) is 0 Å². The van der Waals surface area contributed by atoms with Crippen molar-refractivity contribution >= 4 is 11.7 Å². The van der Waals surface area contributed by atoms with Gasteiger partial charge in [0.05, 0.1) is 24.3 Å². The predicted octanol–water partition coefficient (Wildman–Crippen LogP) is 1.80. The van der Waals surface area contributed by atoms with Crippen LogP contribution in [0.4, 0.5) is 14.6 Å². The summed E-state index contributed by atoms with van der Waals surface area (Å²) in [6.45, 7) is 2.25. The number of H-pyrrole nitrogens is 1. The number of likely N-dealkylation sites (tertiary alicyclic amines) is 1. The molecule has 2 aromatic rings. The van der Waals surface area contributed by atoms with E-state index in [2.05, 4.69) is 25.7 Å². The number of anilines is 1. The fraction of sp³-hybridized carbons (Fsp3) is 0.550. The second-order valence-electron chi connectivity index (χ2n) is 8.08. The van der Waals surface area contributed by atoms with E-state index in [1.807, 2.05) is 0 Å². The molecule has 1 aliphatic heterocycles. The Balaban J connectivity index is 1.37. The van der Waals surface area contributed by atoms with Gasteiger partial charge in [0.15, 0.2) is 5.82 Å². The van der Waals surface area contributed by atoms with Crippen molar-refractivity contribution in [1.82, 2.24) is 25.3 Å². The van der Waals surface area contributed by atoms with Crippen LogP contribution in [0.25, 0.3) is 0 Å². The number of halogens is 2. The molecule has 3 heterocycles. The summed E-state index contributed by atoms with van der Waals surface area (Å²) in [7, 11) is 0. The van der Waals surface area contributed by atoms with Crippen LogP contribution in [-0.2, 0) is 4.79 Å². The molecule has 1 unspecified atom stereocenters. The van der Waals surface area contributed by atoms with E-state index in [1.165, 1.54) is 25.0 Å². The summed E-state index contributed by atoms with van der Waals surface area (Å²) >= 11 is 0. The smallest absolute Gasteiger partial charge is 0.264 e. The Bertz CT molecular complexity index is 959. The fourth-order valence-electron chi connectivity index (χ4n) is 3.49. The zero-order valence-electron chi connectivity index (χ0n) is 17.1. The number of alkyl halides is 2. The number of hydrogen-bond donors (Lipinski definition) is 2. The molecule has 1 saturated carbocycles. The zero-order valence-corrected chi connectivity index (χ0v) is 17.1. The molecule has 9 nitrogen and oxygen atoms in total. The van der Waals surface area contributed by atoms with Crippen LogP contribution in [0.15, 0.2) is 29.1 Å². The number of nitrogens with zero attached hydrogens (tertiary/aromatic N) is 4. The molecule has 4 rings (SSSR count). The van der Waals surface area contributed by atoms with Gasteiger partial charge in [-0.2, -0.15) is 5.10 Å². The molecule has 0 bridgehead atoms. The molecule has 2 aromatic heterocycles. The van der Waals surface area contributed by atoms with Crippen molar-refractivity contribution in [2.45, 2.75) is 44.1 Å². The van der Waals surface area contributed by atoms with Crippen LogP contribution in [0.5, 0.6) is 5.88 Å². The number of nitrogens with one attached hydrogen (secondary N) is 2. The molecule has 1 amide bonds. The van der Waals surface area contributed by atoms with Gasteiger partial charge in [0, 0.05) is 31.6 Å². The van der Waals surface area contributed by atoms with Crippen LogP contribution in [0.1, 0.15) is 37.8 Å². The summed E-state index contributed by atoms with van der Waals surface area (Å²) in [6, 6.07) is 5.03. The van der Waals surface area contributed by atoms with Crippen molar-refractivity contribution in [2.75, 3.05) is 25.0 Å². The minimum atomic E-state index is -2.99. The summed E-state index contributed by atoms with van der Waals surface area (Å²) in [5, 5.41) is 16.5. The van der Waals surface area contributed by atoms with Crippen molar-refractivity contribution in [3.05, 3.63) is 40.3 Å². The Morgan fingerprint density at radius 2 is 2.13 bits per heavy atom. The van der Waals surface area contributed by atoms with Gasteiger partial charge in [-0.25, -0.2) is 13.9 Å². The van der Waals surface area contributed by atoms with Crippen molar-refractivity contribution < 1.29 is 18.3 Å². The third-order valence-corrected chi connectivity index (χ3v) is 5.70. The molecule has 0 aromatic carbocycles. The lowest BCUT2D eigenvalue weighted by atomic mass is 9.89. The number of aromatic amines is 1. The van der Waals surface area contributed by atoms with Gasteiger partial charge in [-0.05, 0) is 37.8 Å². The van der Waals surface area contributed by atoms with Crippen LogP contribution >= 0.6 is 0 Å². The van der Waals surface area contributed by atoms with E-state index in [1.54, 1.807) is 24.0 Å². The molecular weight excluding hydrogens is 410 g/mol. The van der Waals surface area contributed by atoms with Crippen LogP contribution in [0, 0.1) is 5.92 Å². The Morgan fingerprint density at radius 1 is 1.32 bits per heavy atom. The summed E-state index contributed by atoms with van der Waals surface area (Å²) in [4.78, 5) is 25.5. The number of carbonyl (C=O) groups is 1. The number of amides is 1. The van der Waals surface area contributed by atoms with Crippen LogP contribution in [0.2, 0.25) is 0 Å². The Labute approximate surface area is 177 Å². The third-order valence-electron chi connectivity index (χ3n) is 5.70. The standard InChI is InChI=1S/C20H24F2N6O3/c1-12(19(30)23-16-5-7-18(27-25-16)31-11-13-2-3-13)28-9-8-20(21,22)14(10-28)15-4-6-17(29)26-24-15/h4-7,12-14H,2-3,8-11H2,1H3,(H,26,29)(H,23,25,30)/t12?,14-/m1/s1. The predicted molar refractivity (Wildman–Crippen MR) is 107 cm³/mol.